The molecule has 90 valence electrons. The van der Waals surface area contributed by atoms with Crippen LogP contribution in [0.25, 0.3) is 0 Å². The van der Waals surface area contributed by atoms with Crippen molar-refractivity contribution in [1.82, 2.24) is 0 Å². The van der Waals surface area contributed by atoms with E-state index in [1.54, 1.807) is 0 Å². The minimum Gasteiger partial charge on any atom is -0.371 e. The first-order valence-corrected chi connectivity index (χ1v) is 6.36. The molecular formula is C15H20N2. The van der Waals surface area contributed by atoms with E-state index in [0.29, 0.717) is 0 Å². The van der Waals surface area contributed by atoms with Crippen molar-refractivity contribution in [3.63, 3.8) is 0 Å². The number of hydrogen-bond acceptors (Lipinski definition) is 2. The van der Waals surface area contributed by atoms with Crippen LogP contribution in [0, 0.1) is 30.1 Å². The molecule has 0 saturated carbocycles. The topological polar surface area (TPSA) is 27.0 Å². The van der Waals surface area contributed by atoms with Crippen molar-refractivity contribution >= 4 is 5.69 Å². The second kappa shape index (κ2) is 4.79. The Morgan fingerprint density at radius 2 is 2.12 bits per heavy atom. The third-order valence-corrected chi connectivity index (χ3v) is 3.47. The summed E-state index contributed by atoms with van der Waals surface area (Å²) >= 11 is 0. The Morgan fingerprint density at radius 1 is 1.41 bits per heavy atom. The van der Waals surface area contributed by atoms with Crippen molar-refractivity contribution < 1.29 is 0 Å². The van der Waals surface area contributed by atoms with Gasteiger partial charge in [-0.1, -0.05) is 19.9 Å². The Hall–Kier alpha value is -1.49. The first-order valence-electron chi connectivity index (χ1n) is 6.36. The van der Waals surface area contributed by atoms with E-state index in [1.807, 2.05) is 19.1 Å². The van der Waals surface area contributed by atoms with Crippen LogP contribution >= 0.6 is 0 Å². The molecule has 1 aliphatic heterocycles. The van der Waals surface area contributed by atoms with Gasteiger partial charge in [0.15, 0.2) is 0 Å². The molecule has 17 heavy (non-hydrogen) atoms. The normalized spacial score (nSPS) is 15.8. The fourth-order valence-corrected chi connectivity index (χ4v) is 2.52. The number of hydrogen-bond donors (Lipinski definition) is 0. The largest absolute Gasteiger partial charge is 0.371 e. The lowest BCUT2D eigenvalue weighted by molar-refractivity contribution is 0.338. The molecular weight excluding hydrogens is 208 g/mol. The van der Waals surface area contributed by atoms with Crippen LogP contribution in [0.4, 0.5) is 5.69 Å². The maximum absolute atomic E-state index is 9.02. The maximum atomic E-state index is 9.02. The summed E-state index contributed by atoms with van der Waals surface area (Å²) in [5.41, 5.74) is 3.07. The predicted octanol–water partition coefficient (Wildman–Crippen LogP) is 3.35. The lowest BCUT2D eigenvalue weighted by Crippen LogP contribution is -2.47. The minimum atomic E-state index is 0.787. The summed E-state index contributed by atoms with van der Waals surface area (Å²) in [4.78, 5) is 2.37. The molecule has 0 bridgehead atoms. The van der Waals surface area contributed by atoms with Crippen LogP contribution in [0.3, 0.4) is 0 Å². The SMILES string of the molecule is Cc1ccc(N2CC(CC(C)C)C2)cc1C#N. The number of benzene rings is 1. The first-order chi connectivity index (χ1) is 8.10. The van der Waals surface area contributed by atoms with Crippen molar-refractivity contribution in [3.8, 4) is 6.07 Å². The van der Waals surface area contributed by atoms with Gasteiger partial charge in [-0.05, 0) is 42.9 Å². The lowest BCUT2D eigenvalue weighted by atomic mass is 9.90. The van der Waals surface area contributed by atoms with Crippen LogP contribution in [0.2, 0.25) is 0 Å². The number of rotatable bonds is 3. The summed E-state index contributed by atoms with van der Waals surface area (Å²) < 4.78 is 0. The van der Waals surface area contributed by atoms with Crippen LogP contribution in [-0.4, -0.2) is 13.1 Å². The van der Waals surface area contributed by atoms with E-state index in [-0.39, 0.29) is 0 Å². The van der Waals surface area contributed by atoms with Gasteiger partial charge in [0.05, 0.1) is 11.6 Å². The molecule has 0 unspecified atom stereocenters. The molecule has 0 radical (unpaired) electrons. The number of aryl methyl sites for hydroxylation is 1. The van der Waals surface area contributed by atoms with Gasteiger partial charge in [-0.25, -0.2) is 0 Å². The van der Waals surface area contributed by atoms with Crippen molar-refractivity contribution in [1.29, 1.82) is 5.26 Å². The van der Waals surface area contributed by atoms with E-state index in [1.165, 1.54) is 12.1 Å². The lowest BCUT2D eigenvalue weighted by Gasteiger charge is -2.42. The van der Waals surface area contributed by atoms with Crippen molar-refractivity contribution in [2.45, 2.75) is 27.2 Å². The van der Waals surface area contributed by atoms with E-state index in [2.05, 4.69) is 30.9 Å². The van der Waals surface area contributed by atoms with Crippen LogP contribution < -0.4 is 4.90 Å². The Balaban J connectivity index is 2.00. The molecule has 0 aromatic heterocycles. The summed E-state index contributed by atoms with van der Waals surface area (Å²) in [5, 5.41) is 9.02. The van der Waals surface area contributed by atoms with Crippen molar-refractivity contribution in [2.24, 2.45) is 11.8 Å². The van der Waals surface area contributed by atoms with Gasteiger partial charge < -0.3 is 4.90 Å². The van der Waals surface area contributed by atoms with Crippen molar-refractivity contribution in [3.05, 3.63) is 29.3 Å². The highest BCUT2D eigenvalue weighted by Crippen LogP contribution is 2.29. The van der Waals surface area contributed by atoms with E-state index in [9.17, 15) is 0 Å². The molecule has 0 N–H and O–H groups in total. The molecule has 1 aromatic rings. The fourth-order valence-electron chi connectivity index (χ4n) is 2.52. The van der Waals surface area contributed by atoms with Gasteiger partial charge in [-0.3, -0.25) is 0 Å². The summed E-state index contributed by atoms with van der Waals surface area (Å²) in [7, 11) is 0. The maximum Gasteiger partial charge on any atom is 0.0995 e. The van der Waals surface area contributed by atoms with Crippen LogP contribution in [0.1, 0.15) is 31.4 Å². The van der Waals surface area contributed by atoms with E-state index >= 15 is 0 Å². The molecule has 2 rings (SSSR count). The zero-order valence-corrected chi connectivity index (χ0v) is 10.9. The first kappa shape index (κ1) is 12.0. The number of nitriles is 1. The predicted molar refractivity (Wildman–Crippen MR) is 71.1 cm³/mol. The molecule has 1 aromatic carbocycles. The summed E-state index contributed by atoms with van der Waals surface area (Å²) in [6, 6.07) is 8.44. The Morgan fingerprint density at radius 3 is 2.71 bits per heavy atom. The second-order valence-electron chi connectivity index (χ2n) is 5.51. The fraction of sp³-hybridized carbons (Fsp3) is 0.533. The van der Waals surface area contributed by atoms with Crippen LogP contribution in [0.5, 0.6) is 0 Å². The van der Waals surface area contributed by atoms with E-state index in [0.717, 1.165) is 36.1 Å². The zero-order chi connectivity index (χ0) is 12.4. The molecule has 1 fully saturated rings. The Bertz CT molecular complexity index is 437. The van der Waals surface area contributed by atoms with E-state index in [4.69, 9.17) is 5.26 Å². The third kappa shape index (κ3) is 2.61. The highest BCUT2D eigenvalue weighted by molar-refractivity contribution is 5.55. The molecule has 2 heteroatoms. The molecule has 0 amide bonds. The molecule has 0 atom stereocenters. The second-order valence-corrected chi connectivity index (χ2v) is 5.51. The highest BCUT2D eigenvalue weighted by atomic mass is 15.2. The standard InChI is InChI=1S/C15H20N2/c1-11(2)6-13-9-17(10-13)15-5-4-12(3)14(7-15)8-16/h4-5,7,11,13H,6,9-10H2,1-3H3. The van der Waals surface area contributed by atoms with Gasteiger partial charge in [0.1, 0.15) is 0 Å². The molecule has 1 heterocycles. The Labute approximate surface area is 104 Å². The third-order valence-electron chi connectivity index (χ3n) is 3.47. The van der Waals surface area contributed by atoms with Gasteiger partial charge >= 0.3 is 0 Å². The quantitative estimate of drug-likeness (QED) is 0.793. The van der Waals surface area contributed by atoms with E-state index < -0.39 is 0 Å². The molecule has 1 saturated heterocycles. The zero-order valence-electron chi connectivity index (χ0n) is 10.9. The van der Waals surface area contributed by atoms with Gasteiger partial charge in [0, 0.05) is 18.8 Å². The summed E-state index contributed by atoms with van der Waals surface area (Å²) in [6.45, 7) is 8.84. The average Bonchev–Trinajstić information content (AvgIpc) is 2.24. The van der Waals surface area contributed by atoms with Crippen molar-refractivity contribution in [2.75, 3.05) is 18.0 Å². The van der Waals surface area contributed by atoms with Crippen LogP contribution in [0.15, 0.2) is 18.2 Å². The summed E-state index contributed by atoms with van der Waals surface area (Å²) in [5.74, 6) is 1.62. The Kier molecular flexibility index (Phi) is 3.38. The average molecular weight is 228 g/mol. The van der Waals surface area contributed by atoms with Gasteiger partial charge in [-0.15, -0.1) is 0 Å². The molecule has 0 spiro atoms. The molecule has 2 nitrogen and oxygen atoms in total. The number of nitrogens with zero attached hydrogens (tertiary/aromatic N) is 2. The smallest absolute Gasteiger partial charge is 0.0995 e. The number of anilines is 1. The minimum absolute atomic E-state index is 0.787. The van der Waals surface area contributed by atoms with Gasteiger partial charge in [-0.2, -0.15) is 5.26 Å². The molecule has 1 aliphatic rings. The van der Waals surface area contributed by atoms with Crippen LogP contribution in [-0.2, 0) is 0 Å². The summed E-state index contributed by atoms with van der Waals surface area (Å²) in [6.07, 6.45) is 1.31. The van der Waals surface area contributed by atoms with Gasteiger partial charge in [0.2, 0.25) is 0 Å². The molecule has 0 aliphatic carbocycles. The highest BCUT2D eigenvalue weighted by Gasteiger charge is 2.27. The van der Waals surface area contributed by atoms with Gasteiger partial charge in [0.25, 0.3) is 0 Å². The monoisotopic (exact) mass is 228 g/mol.